The number of benzene rings is 2. The van der Waals surface area contributed by atoms with Crippen LogP contribution in [0.3, 0.4) is 0 Å². The van der Waals surface area contributed by atoms with E-state index < -0.39 is 0 Å². The van der Waals surface area contributed by atoms with Crippen molar-refractivity contribution in [3.05, 3.63) is 78.0 Å². The molecule has 178 valence electrons. The molecule has 6 heteroatoms. The lowest BCUT2D eigenvalue weighted by Crippen LogP contribution is -2.43. The third-order valence-corrected chi connectivity index (χ3v) is 6.27. The first kappa shape index (κ1) is 23.6. The van der Waals surface area contributed by atoms with Gasteiger partial charge in [-0.05, 0) is 50.5 Å². The van der Waals surface area contributed by atoms with Crippen molar-refractivity contribution in [2.24, 2.45) is 5.92 Å². The summed E-state index contributed by atoms with van der Waals surface area (Å²) < 4.78 is 13.2. The molecule has 0 bridgehead atoms. The smallest absolute Gasteiger partial charge is 0.310 e. The van der Waals surface area contributed by atoms with Crippen LogP contribution in [0.15, 0.2) is 61.2 Å². The van der Waals surface area contributed by atoms with Gasteiger partial charge in [0.05, 0.1) is 18.0 Å². The van der Waals surface area contributed by atoms with Gasteiger partial charge in [0.25, 0.3) is 5.91 Å². The molecule has 1 saturated heterocycles. The highest BCUT2D eigenvalue weighted by Gasteiger charge is 2.31. The summed E-state index contributed by atoms with van der Waals surface area (Å²) in [6, 6.07) is 16.1. The van der Waals surface area contributed by atoms with Gasteiger partial charge in [-0.2, -0.15) is 0 Å². The van der Waals surface area contributed by atoms with E-state index >= 15 is 0 Å². The topological polar surface area (TPSA) is 60.8 Å². The number of carbonyl (C=O) groups excluding carboxylic acids is 2. The highest BCUT2D eigenvalue weighted by molar-refractivity contribution is 6.00. The fourth-order valence-corrected chi connectivity index (χ4v) is 4.53. The quantitative estimate of drug-likeness (QED) is 0.351. The molecule has 1 aliphatic rings. The van der Waals surface area contributed by atoms with Crippen molar-refractivity contribution in [1.82, 2.24) is 9.47 Å². The Kier molecular flexibility index (Phi) is 7.36. The normalized spacial score (nSPS) is 15.8. The zero-order chi connectivity index (χ0) is 24.1. The number of hydrogen-bond donors (Lipinski definition) is 0. The molecular weight excluding hydrogens is 428 g/mol. The molecule has 1 aromatic heterocycles. The third-order valence-electron chi connectivity index (χ3n) is 6.27. The summed E-state index contributed by atoms with van der Waals surface area (Å²) >= 11 is 0. The SMILES string of the molecule is C=CCOc1cccc2c1cc(C(=O)N1CCC[C@@H](C(=O)OCC)C1)n2Cc1ccc(C)cc1. The van der Waals surface area contributed by atoms with E-state index in [9.17, 15) is 9.59 Å². The lowest BCUT2D eigenvalue weighted by molar-refractivity contribution is -0.149. The van der Waals surface area contributed by atoms with E-state index in [1.54, 1.807) is 17.9 Å². The lowest BCUT2D eigenvalue weighted by atomic mass is 9.98. The first-order chi connectivity index (χ1) is 16.5. The van der Waals surface area contributed by atoms with Gasteiger partial charge in [-0.3, -0.25) is 9.59 Å². The van der Waals surface area contributed by atoms with Crippen LogP contribution in [0.4, 0.5) is 0 Å². The fraction of sp³-hybridized carbons (Fsp3) is 0.357. The van der Waals surface area contributed by atoms with Gasteiger partial charge in [0.1, 0.15) is 18.1 Å². The monoisotopic (exact) mass is 460 g/mol. The van der Waals surface area contributed by atoms with Gasteiger partial charge in [-0.1, -0.05) is 48.6 Å². The predicted octanol–water partition coefficient (Wildman–Crippen LogP) is 4.98. The van der Waals surface area contributed by atoms with Crippen LogP contribution in [0.2, 0.25) is 0 Å². The summed E-state index contributed by atoms with van der Waals surface area (Å²) in [5.41, 5.74) is 3.83. The maximum atomic E-state index is 13.8. The number of aryl methyl sites for hydroxylation is 1. The first-order valence-corrected chi connectivity index (χ1v) is 11.9. The number of piperidine rings is 1. The van der Waals surface area contributed by atoms with Gasteiger partial charge in [0.15, 0.2) is 0 Å². The second kappa shape index (κ2) is 10.6. The Morgan fingerprint density at radius 2 is 1.97 bits per heavy atom. The molecular formula is C28H32N2O4. The van der Waals surface area contributed by atoms with E-state index in [1.165, 1.54) is 5.56 Å². The first-order valence-electron chi connectivity index (χ1n) is 11.9. The van der Waals surface area contributed by atoms with Crippen molar-refractivity contribution in [2.75, 3.05) is 26.3 Å². The molecule has 1 fully saturated rings. The summed E-state index contributed by atoms with van der Waals surface area (Å²) in [6.07, 6.45) is 3.23. The minimum atomic E-state index is -0.279. The molecule has 0 saturated carbocycles. The van der Waals surface area contributed by atoms with E-state index in [0.29, 0.717) is 38.5 Å². The van der Waals surface area contributed by atoms with Crippen molar-refractivity contribution in [2.45, 2.75) is 33.2 Å². The number of hydrogen-bond acceptors (Lipinski definition) is 4. The van der Waals surface area contributed by atoms with Crippen molar-refractivity contribution in [3.63, 3.8) is 0 Å². The van der Waals surface area contributed by atoms with Crippen LogP contribution >= 0.6 is 0 Å². The molecule has 1 atom stereocenters. The minimum absolute atomic E-state index is 0.0769. The van der Waals surface area contributed by atoms with E-state index in [-0.39, 0.29) is 17.8 Å². The van der Waals surface area contributed by atoms with Crippen LogP contribution in [-0.4, -0.2) is 47.6 Å². The molecule has 0 spiro atoms. The fourth-order valence-electron chi connectivity index (χ4n) is 4.53. The number of nitrogens with zero attached hydrogens (tertiary/aromatic N) is 2. The third kappa shape index (κ3) is 5.01. The second-order valence-corrected chi connectivity index (χ2v) is 8.73. The minimum Gasteiger partial charge on any atom is -0.489 e. The van der Waals surface area contributed by atoms with Gasteiger partial charge < -0.3 is 18.9 Å². The largest absolute Gasteiger partial charge is 0.489 e. The zero-order valence-electron chi connectivity index (χ0n) is 20.0. The molecule has 0 aliphatic carbocycles. The number of likely N-dealkylation sites (tertiary alicyclic amines) is 1. The number of carbonyl (C=O) groups is 2. The molecule has 34 heavy (non-hydrogen) atoms. The molecule has 4 rings (SSSR count). The van der Waals surface area contributed by atoms with Gasteiger partial charge in [-0.15, -0.1) is 0 Å². The number of rotatable bonds is 8. The number of amides is 1. The maximum Gasteiger partial charge on any atom is 0.310 e. The average Bonchev–Trinajstić information content (AvgIpc) is 3.22. The van der Waals surface area contributed by atoms with Crippen LogP contribution in [0, 0.1) is 12.8 Å². The Morgan fingerprint density at radius 1 is 1.18 bits per heavy atom. The molecule has 6 nitrogen and oxygen atoms in total. The van der Waals surface area contributed by atoms with Gasteiger partial charge in [0, 0.05) is 25.0 Å². The molecule has 1 amide bonds. The highest BCUT2D eigenvalue weighted by Crippen LogP contribution is 2.31. The van der Waals surface area contributed by atoms with Crippen molar-refractivity contribution in [1.29, 1.82) is 0 Å². The van der Waals surface area contributed by atoms with Crippen LogP contribution in [0.1, 0.15) is 41.4 Å². The zero-order valence-corrected chi connectivity index (χ0v) is 20.0. The Balaban J connectivity index is 1.72. The molecule has 0 unspecified atom stereocenters. The summed E-state index contributed by atoms with van der Waals surface area (Å²) in [5, 5.41) is 0.888. The molecule has 1 aliphatic heterocycles. The molecule has 2 heterocycles. The van der Waals surface area contributed by atoms with Gasteiger partial charge in [0.2, 0.25) is 0 Å². The Bertz CT molecular complexity index is 1180. The van der Waals surface area contributed by atoms with Crippen LogP contribution in [0.5, 0.6) is 5.75 Å². The lowest BCUT2D eigenvalue weighted by Gasteiger charge is -2.31. The Labute approximate surface area is 200 Å². The molecule has 0 radical (unpaired) electrons. The average molecular weight is 461 g/mol. The number of ether oxygens (including phenoxy) is 2. The maximum absolute atomic E-state index is 13.8. The van der Waals surface area contributed by atoms with Gasteiger partial charge in [-0.25, -0.2) is 0 Å². The standard InChI is InChI=1S/C28H32N2O4/c1-4-16-34-26-10-6-9-24-23(26)17-25(30(24)18-21-13-11-20(3)12-14-21)27(31)29-15-7-8-22(19-29)28(32)33-5-2/h4,6,9-14,17,22H,1,5,7-8,15-16,18-19H2,2-3H3/t22-/m1/s1. The number of esters is 1. The molecule has 0 N–H and O–H groups in total. The summed E-state index contributed by atoms with van der Waals surface area (Å²) in [6.45, 7) is 9.90. The summed E-state index contributed by atoms with van der Waals surface area (Å²) in [4.78, 5) is 27.9. The predicted molar refractivity (Wildman–Crippen MR) is 133 cm³/mol. The second-order valence-electron chi connectivity index (χ2n) is 8.73. The van der Waals surface area contributed by atoms with Crippen molar-refractivity contribution >= 4 is 22.8 Å². The van der Waals surface area contributed by atoms with Crippen LogP contribution in [-0.2, 0) is 16.1 Å². The van der Waals surface area contributed by atoms with E-state index in [0.717, 1.165) is 35.1 Å². The Morgan fingerprint density at radius 3 is 2.71 bits per heavy atom. The van der Waals surface area contributed by atoms with E-state index in [2.05, 4.69) is 42.3 Å². The van der Waals surface area contributed by atoms with E-state index in [4.69, 9.17) is 9.47 Å². The highest BCUT2D eigenvalue weighted by atomic mass is 16.5. The van der Waals surface area contributed by atoms with Crippen molar-refractivity contribution in [3.8, 4) is 5.75 Å². The number of fused-ring (bicyclic) bond motifs is 1. The molecule has 2 aromatic carbocycles. The van der Waals surface area contributed by atoms with Gasteiger partial charge >= 0.3 is 5.97 Å². The molecule has 3 aromatic rings. The summed E-state index contributed by atoms with van der Waals surface area (Å²) in [7, 11) is 0. The van der Waals surface area contributed by atoms with Crippen molar-refractivity contribution < 1.29 is 19.1 Å². The van der Waals surface area contributed by atoms with E-state index in [1.807, 2.05) is 24.3 Å². The van der Waals surface area contributed by atoms with Crippen LogP contribution < -0.4 is 4.74 Å². The van der Waals surface area contributed by atoms with Crippen LogP contribution in [0.25, 0.3) is 10.9 Å². The summed E-state index contributed by atoms with van der Waals surface area (Å²) in [5.74, 6) is 0.142. The Hall–Kier alpha value is -3.54. The number of aromatic nitrogens is 1.